The molecule has 1 fully saturated rings. The van der Waals surface area contributed by atoms with Crippen LogP contribution >= 0.6 is 23.8 Å². The van der Waals surface area contributed by atoms with Crippen molar-refractivity contribution in [3.05, 3.63) is 69.5 Å². The number of hydrogen-bond acceptors (Lipinski definition) is 4. The molecule has 0 saturated carbocycles. The summed E-state index contributed by atoms with van der Waals surface area (Å²) in [4.78, 5) is 2.23. The van der Waals surface area contributed by atoms with E-state index in [-0.39, 0.29) is 6.10 Å². The van der Waals surface area contributed by atoms with Gasteiger partial charge in [0.1, 0.15) is 0 Å². The molecule has 5 nitrogen and oxygen atoms in total. The summed E-state index contributed by atoms with van der Waals surface area (Å²) >= 11 is 11.9. The fourth-order valence-electron chi connectivity index (χ4n) is 3.97. The van der Waals surface area contributed by atoms with Gasteiger partial charge < -0.3 is 4.74 Å². The third kappa shape index (κ3) is 5.44. The first-order valence-corrected chi connectivity index (χ1v) is 11.6. The molecular formula is C24H29ClN4OS. The molecule has 7 heteroatoms. The highest BCUT2D eigenvalue weighted by Gasteiger charge is 2.21. The van der Waals surface area contributed by atoms with E-state index in [1.807, 2.05) is 28.9 Å². The largest absolute Gasteiger partial charge is 0.376 e. The Hall–Kier alpha value is -1.99. The molecule has 0 spiro atoms. The van der Waals surface area contributed by atoms with Gasteiger partial charge in [0.25, 0.3) is 0 Å². The number of rotatable bonds is 8. The number of benzene rings is 2. The summed E-state index contributed by atoms with van der Waals surface area (Å²) < 4.78 is 10.6. The van der Waals surface area contributed by atoms with Crippen LogP contribution in [0.3, 0.4) is 0 Å². The quantitative estimate of drug-likeness (QED) is 0.415. The second-order valence-corrected chi connectivity index (χ2v) is 8.99. The Morgan fingerprint density at radius 3 is 2.48 bits per heavy atom. The molecule has 0 aliphatic carbocycles. The number of halogens is 1. The predicted octanol–water partition coefficient (Wildman–Crippen LogP) is 5.57. The molecule has 0 unspecified atom stereocenters. The zero-order chi connectivity index (χ0) is 21.8. The maximum absolute atomic E-state index is 6.10. The first-order valence-electron chi connectivity index (χ1n) is 10.8. The van der Waals surface area contributed by atoms with Crippen LogP contribution in [0.2, 0.25) is 5.02 Å². The smallest absolute Gasteiger partial charge is 0.199 e. The molecule has 3 aromatic rings. The van der Waals surface area contributed by atoms with Gasteiger partial charge >= 0.3 is 0 Å². The molecule has 2 aromatic carbocycles. The summed E-state index contributed by atoms with van der Waals surface area (Å²) in [6.45, 7) is 5.17. The molecule has 0 radical (unpaired) electrons. The zero-order valence-corrected chi connectivity index (χ0v) is 19.7. The van der Waals surface area contributed by atoms with Gasteiger partial charge in [0.05, 0.1) is 19.3 Å². The number of aromatic nitrogens is 3. The third-order valence-electron chi connectivity index (χ3n) is 5.69. The first-order chi connectivity index (χ1) is 15.0. The van der Waals surface area contributed by atoms with Crippen LogP contribution in [0.1, 0.15) is 30.9 Å². The van der Waals surface area contributed by atoms with Gasteiger partial charge in [-0.25, -0.2) is 4.68 Å². The molecule has 1 aromatic heterocycles. The van der Waals surface area contributed by atoms with Crippen LogP contribution in [0.4, 0.5) is 0 Å². The molecule has 2 heterocycles. The lowest BCUT2D eigenvalue weighted by Gasteiger charge is -2.17. The minimum atomic E-state index is 0.185. The molecule has 1 aliphatic heterocycles. The Balaban J connectivity index is 1.57. The van der Waals surface area contributed by atoms with E-state index in [0.717, 1.165) is 50.3 Å². The zero-order valence-electron chi connectivity index (χ0n) is 18.1. The molecule has 4 rings (SSSR count). The van der Waals surface area contributed by atoms with E-state index in [1.54, 1.807) is 0 Å². The highest BCUT2D eigenvalue weighted by Crippen LogP contribution is 2.23. The Morgan fingerprint density at radius 2 is 1.84 bits per heavy atom. The van der Waals surface area contributed by atoms with Gasteiger partial charge in [-0.2, -0.15) is 5.10 Å². The topological polar surface area (TPSA) is 35.2 Å². The van der Waals surface area contributed by atoms with Crippen molar-refractivity contribution < 1.29 is 4.74 Å². The lowest BCUT2D eigenvalue weighted by atomic mass is 10.1. The van der Waals surface area contributed by atoms with Crippen molar-refractivity contribution in [2.24, 2.45) is 0 Å². The van der Waals surface area contributed by atoms with Gasteiger partial charge in [-0.1, -0.05) is 42.8 Å². The van der Waals surface area contributed by atoms with Crippen LogP contribution in [0, 0.1) is 4.77 Å². The van der Waals surface area contributed by atoms with E-state index >= 15 is 0 Å². The second-order valence-electron chi connectivity index (χ2n) is 8.18. The van der Waals surface area contributed by atoms with Crippen LogP contribution in [0.15, 0.2) is 48.5 Å². The van der Waals surface area contributed by atoms with Gasteiger partial charge in [0.2, 0.25) is 0 Å². The molecule has 164 valence electrons. The second kappa shape index (κ2) is 10.1. The summed E-state index contributed by atoms with van der Waals surface area (Å²) in [5.74, 6) is 0.859. The Morgan fingerprint density at radius 1 is 1.13 bits per heavy atom. The van der Waals surface area contributed by atoms with Crippen molar-refractivity contribution in [2.45, 2.75) is 52.0 Å². The van der Waals surface area contributed by atoms with E-state index in [9.17, 15) is 0 Å². The SMILES string of the molecule is CCc1ccc(CN(C)Cn2nc(-c3ccc(Cl)cc3)n(C[C@H]3CCCO3)c2=S)cc1. The van der Waals surface area contributed by atoms with Crippen molar-refractivity contribution in [3.63, 3.8) is 0 Å². The third-order valence-corrected chi connectivity index (χ3v) is 6.38. The number of nitrogens with zero attached hydrogens (tertiary/aromatic N) is 4. The van der Waals surface area contributed by atoms with Crippen LogP contribution in [-0.4, -0.2) is 39.0 Å². The molecular weight excluding hydrogens is 428 g/mol. The van der Waals surface area contributed by atoms with E-state index in [1.165, 1.54) is 11.1 Å². The fraction of sp³-hybridized carbons (Fsp3) is 0.417. The lowest BCUT2D eigenvalue weighted by molar-refractivity contribution is 0.0967. The summed E-state index contributed by atoms with van der Waals surface area (Å²) in [5.41, 5.74) is 3.64. The maximum Gasteiger partial charge on any atom is 0.199 e. The number of aryl methyl sites for hydroxylation is 1. The molecule has 1 saturated heterocycles. The van der Waals surface area contributed by atoms with Gasteiger partial charge in [-0.15, -0.1) is 0 Å². The van der Waals surface area contributed by atoms with Gasteiger partial charge in [-0.05, 0) is 73.9 Å². The highest BCUT2D eigenvalue weighted by atomic mass is 35.5. The van der Waals surface area contributed by atoms with Crippen molar-refractivity contribution in [3.8, 4) is 11.4 Å². The summed E-state index contributed by atoms with van der Waals surface area (Å²) in [7, 11) is 2.09. The van der Waals surface area contributed by atoms with E-state index < -0.39 is 0 Å². The molecule has 0 N–H and O–H groups in total. The van der Waals surface area contributed by atoms with E-state index in [2.05, 4.69) is 47.7 Å². The van der Waals surface area contributed by atoms with E-state index in [4.69, 9.17) is 33.7 Å². The number of ether oxygens (including phenoxy) is 1. The van der Waals surface area contributed by atoms with E-state index in [0.29, 0.717) is 16.5 Å². The standard InChI is InChI=1S/C24H29ClN4OS/c1-3-18-6-8-19(9-7-18)15-27(2)17-29-24(31)28(16-22-5-4-14-30-22)23(26-29)20-10-12-21(25)13-11-20/h6-13,22H,3-5,14-17H2,1-2H3/t22-/m1/s1. The van der Waals surface area contributed by atoms with Crippen LogP contribution in [-0.2, 0) is 30.9 Å². The molecule has 1 aliphatic rings. The van der Waals surface area contributed by atoms with Crippen molar-refractivity contribution in [1.29, 1.82) is 0 Å². The Kier molecular flexibility index (Phi) is 7.23. The fourth-order valence-corrected chi connectivity index (χ4v) is 4.36. The van der Waals surface area contributed by atoms with Gasteiger partial charge in [0.15, 0.2) is 10.6 Å². The predicted molar refractivity (Wildman–Crippen MR) is 128 cm³/mol. The minimum absolute atomic E-state index is 0.185. The minimum Gasteiger partial charge on any atom is -0.376 e. The van der Waals surface area contributed by atoms with Crippen LogP contribution < -0.4 is 0 Å². The molecule has 1 atom stereocenters. The molecule has 31 heavy (non-hydrogen) atoms. The monoisotopic (exact) mass is 456 g/mol. The average molecular weight is 457 g/mol. The summed E-state index contributed by atoms with van der Waals surface area (Å²) in [6, 6.07) is 16.6. The summed E-state index contributed by atoms with van der Waals surface area (Å²) in [6.07, 6.45) is 3.40. The van der Waals surface area contributed by atoms with Gasteiger partial charge in [0, 0.05) is 23.7 Å². The molecule has 0 amide bonds. The van der Waals surface area contributed by atoms with Crippen molar-refractivity contribution in [1.82, 2.24) is 19.2 Å². The van der Waals surface area contributed by atoms with Crippen molar-refractivity contribution in [2.75, 3.05) is 13.7 Å². The maximum atomic E-state index is 6.10. The van der Waals surface area contributed by atoms with Crippen molar-refractivity contribution >= 4 is 23.8 Å². The van der Waals surface area contributed by atoms with Gasteiger partial charge in [-0.3, -0.25) is 9.47 Å². The average Bonchev–Trinajstić information content (AvgIpc) is 3.39. The molecule has 0 bridgehead atoms. The number of hydrogen-bond donors (Lipinski definition) is 0. The highest BCUT2D eigenvalue weighted by molar-refractivity contribution is 7.71. The lowest BCUT2D eigenvalue weighted by Crippen LogP contribution is -2.23. The van der Waals surface area contributed by atoms with Crippen LogP contribution in [0.25, 0.3) is 11.4 Å². The summed E-state index contributed by atoms with van der Waals surface area (Å²) in [5, 5.41) is 5.61. The Labute approximate surface area is 194 Å². The first kappa shape index (κ1) is 22.2. The normalized spacial score (nSPS) is 16.3. The Bertz CT molecular complexity index is 1050. The van der Waals surface area contributed by atoms with Crippen LogP contribution in [0.5, 0.6) is 0 Å².